The van der Waals surface area contributed by atoms with Gasteiger partial charge < -0.3 is 9.64 Å². The van der Waals surface area contributed by atoms with Gasteiger partial charge in [-0.1, -0.05) is 6.07 Å². The predicted molar refractivity (Wildman–Crippen MR) is 72.4 cm³/mol. The molecular formula is C15H17F2NO. The Hall–Kier alpha value is -1.84. The van der Waals surface area contributed by atoms with Crippen LogP contribution in [0.1, 0.15) is 11.1 Å². The quantitative estimate of drug-likeness (QED) is 0.829. The van der Waals surface area contributed by atoms with Gasteiger partial charge in [-0.3, -0.25) is 0 Å². The highest BCUT2D eigenvalue weighted by Crippen LogP contribution is 2.28. The van der Waals surface area contributed by atoms with Gasteiger partial charge in [0.1, 0.15) is 5.75 Å². The van der Waals surface area contributed by atoms with E-state index in [-0.39, 0.29) is 5.57 Å². The van der Waals surface area contributed by atoms with Gasteiger partial charge in [0.25, 0.3) is 6.43 Å². The number of nitrogens with zero attached hydrogens (tertiary/aromatic N) is 1. The van der Waals surface area contributed by atoms with Gasteiger partial charge >= 0.3 is 0 Å². The zero-order valence-corrected chi connectivity index (χ0v) is 11.3. The van der Waals surface area contributed by atoms with Crippen molar-refractivity contribution < 1.29 is 13.5 Å². The van der Waals surface area contributed by atoms with Crippen LogP contribution < -0.4 is 4.74 Å². The van der Waals surface area contributed by atoms with Crippen LogP contribution in [0.3, 0.4) is 0 Å². The van der Waals surface area contributed by atoms with Crippen molar-refractivity contribution in [1.29, 1.82) is 0 Å². The molecule has 2 rings (SSSR count). The second kappa shape index (κ2) is 5.43. The summed E-state index contributed by atoms with van der Waals surface area (Å²) in [4.78, 5) is 1.77. The molecule has 4 heteroatoms. The Bertz CT molecular complexity index is 535. The van der Waals surface area contributed by atoms with Gasteiger partial charge in [0.05, 0.1) is 7.11 Å². The number of hydrogen-bond donors (Lipinski definition) is 0. The standard InChI is InChI=1S/C15H17F2NO/c1-10-6-11(4-5-14(10)19-3)12-7-13(15(16)17)9-18(2)8-12/h4-7,9,15H,8H2,1-3H3. The molecule has 102 valence electrons. The summed E-state index contributed by atoms with van der Waals surface area (Å²) in [6, 6.07) is 5.73. The number of rotatable bonds is 3. The number of alkyl halides is 2. The molecule has 0 saturated heterocycles. The Kier molecular flexibility index (Phi) is 3.88. The highest BCUT2D eigenvalue weighted by atomic mass is 19.3. The smallest absolute Gasteiger partial charge is 0.265 e. The summed E-state index contributed by atoms with van der Waals surface area (Å²) in [7, 11) is 3.42. The number of benzene rings is 1. The van der Waals surface area contributed by atoms with E-state index in [0.29, 0.717) is 6.54 Å². The molecule has 0 saturated carbocycles. The van der Waals surface area contributed by atoms with Crippen LogP contribution >= 0.6 is 0 Å². The van der Waals surface area contributed by atoms with Gasteiger partial charge in [0, 0.05) is 25.4 Å². The third-order valence-electron chi connectivity index (χ3n) is 3.15. The van der Waals surface area contributed by atoms with Crippen LogP contribution in [0.4, 0.5) is 8.78 Å². The molecule has 0 aliphatic carbocycles. The van der Waals surface area contributed by atoms with Crippen molar-refractivity contribution in [3.05, 3.63) is 47.2 Å². The number of methoxy groups -OCH3 is 1. The van der Waals surface area contributed by atoms with Crippen molar-refractivity contribution >= 4 is 5.57 Å². The van der Waals surface area contributed by atoms with E-state index in [0.717, 1.165) is 22.4 Å². The van der Waals surface area contributed by atoms with Gasteiger partial charge in [-0.15, -0.1) is 0 Å². The van der Waals surface area contributed by atoms with Crippen molar-refractivity contribution in [2.24, 2.45) is 0 Å². The zero-order chi connectivity index (χ0) is 14.0. The molecule has 0 atom stereocenters. The summed E-state index contributed by atoms with van der Waals surface area (Å²) in [6.07, 6.45) is 0.619. The average molecular weight is 265 g/mol. The lowest BCUT2D eigenvalue weighted by molar-refractivity contribution is 0.191. The highest BCUT2D eigenvalue weighted by Gasteiger charge is 2.17. The van der Waals surface area contributed by atoms with Crippen LogP contribution in [0.25, 0.3) is 5.57 Å². The lowest BCUT2D eigenvalue weighted by Gasteiger charge is -2.23. The molecule has 1 aromatic carbocycles. The molecular weight excluding hydrogens is 248 g/mol. The van der Waals surface area contributed by atoms with E-state index in [9.17, 15) is 8.78 Å². The van der Waals surface area contributed by atoms with Crippen molar-refractivity contribution in [3.8, 4) is 5.75 Å². The minimum atomic E-state index is -2.45. The maximum atomic E-state index is 12.8. The summed E-state index contributed by atoms with van der Waals surface area (Å²) in [5.41, 5.74) is 2.90. The van der Waals surface area contributed by atoms with E-state index in [1.54, 1.807) is 25.1 Å². The molecule has 0 fully saturated rings. The van der Waals surface area contributed by atoms with Crippen LogP contribution in [-0.4, -0.2) is 32.0 Å². The monoisotopic (exact) mass is 265 g/mol. The van der Waals surface area contributed by atoms with Crippen molar-refractivity contribution in [1.82, 2.24) is 4.90 Å². The normalized spacial score (nSPS) is 15.4. The lowest BCUT2D eigenvalue weighted by Crippen LogP contribution is -2.20. The molecule has 0 spiro atoms. The summed E-state index contributed by atoms with van der Waals surface area (Å²) >= 11 is 0. The van der Waals surface area contributed by atoms with E-state index in [2.05, 4.69) is 0 Å². The molecule has 0 bridgehead atoms. The Balaban J connectivity index is 2.36. The molecule has 1 aromatic rings. The number of aryl methyl sites for hydroxylation is 1. The van der Waals surface area contributed by atoms with E-state index < -0.39 is 6.43 Å². The van der Waals surface area contributed by atoms with E-state index >= 15 is 0 Å². The Morgan fingerprint density at radius 1 is 1.32 bits per heavy atom. The first-order valence-electron chi connectivity index (χ1n) is 6.07. The molecule has 1 aliphatic heterocycles. The van der Waals surface area contributed by atoms with Crippen LogP contribution in [-0.2, 0) is 0 Å². The third-order valence-corrected chi connectivity index (χ3v) is 3.15. The minimum absolute atomic E-state index is 0.0530. The molecule has 2 nitrogen and oxygen atoms in total. The Labute approximate surface area is 112 Å². The first-order valence-corrected chi connectivity index (χ1v) is 6.07. The molecule has 19 heavy (non-hydrogen) atoms. The fourth-order valence-corrected chi connectivity index (χ4v) is 2.23. The molecule has 1 aliphatic rings. The number of hydrogen-bond acceptors (Lipinski definition) is 2. The maximum Gasteiger partial charge on any atom is 0.265 e. The molecule has 0 radical (unpaired) electrons. The summed E-state index contributed by atoms with van der Waals surface area (Å²) in [5, 5.41) is 0. The number of likely N-dealkylation sites (N-methyl/N-ethyl adjacent to an activating group) is 1. The van der Waals surface area contributed by atoms with Crippen molar-refractivity contribution in [2.75, 3.05) is 20.7 Å². The predicted octanol–water partition coefficient (Wildman–Crippen LogP) is 3.48. The molecule has 0 amide bonds. The molecule has 0 N–H and O–H groups in total. The number of halogens is 2. The molecule has 1 heterocycles. The minimum Gasteiger partial charge on any atom is -0.496 e. The largest absolute Gasteiger partial charge is 0.496 e. The van der Waals surface area contributed by atoms with Crippen molar-refractivity contribution in [2.45, 2.75) is 13.3 Å². The first-order chi connectivity index (χ1) is 9.01. The van der Waals surface area contributed by atoms with E-state index in [1.165, 1.54) is 6.20 Å². The zero-order valence-electron chi connectivity index (χ0n) is 11.3. The van der Waals surface area contributed by atoms with Gasteiger partial charge in [-0.05, 0) is 41.8 Å². The summed E-state index contributed by atoms with van der Waals surface area (Å²) < 4.78 is 30.8. The number of allylic oxidation sites excluding steroid dienone is 2. The summed E-state index contributed by atoms with van der Waals surface area (Å²) in [6.45, 7) is 2.57. The average Bonchev–Trinajstić information content (AvgIpc) is 2.37. The van der Waals surface area contributed by atoms with Crippen molar-refractivity contribution in [3.63, 3.8) is 0 Å². The van der Waals surface area contributed by atoms with Gasteiger partial charge in [-0.25, -0.2) is 8.78 Å². The lowest BCUT2D eigenvalue weighted by atomic mass is 9.98. The second-order valence-corrected chi connectivity index (χ2v) is 4.70. The second-order valence-electron chi connectivity index (χ2n) is 4.70. The molecule has 0 unspecified atom stereocenters. The summed E-state index contributed by atoms with van der Waals surface area (Å²) in [5.74, 6) is 0.804. The van der Waals surface area contributed by atoms with Gasteiger partial charge in [0.2, 0.25) is 0 Å². The van der Waals surface area contributed by atoms with Gasteiger partial charge in [-0.2, -0.15) is 0 Å². The SMILES string of the molecule is COc1ccc(C2=CC(C(F)F)=CN(C)C2)cc1C. The molecule has 0 aromatic heterocycles. The fourth-order valence-electron chi connectivity index (χ4n) is 2.23. The van der Waals surface area contributed by atoms with Crippen LogP contribution in [0.2, 0.25) is 0 Å². The number of ether oxygens (including phenoxy) is 1. The van der Waals surface area contributed by atoms with E-state index in [4.69, 9.17) is 4.74 Å². The highest BCUT2D eigenvalue weighted by molar-refractivity contribution is 5.72. The van der Waals surface area contributed by atoms with Crippen LogP contribution in [0.15, 0.2) is 36.0 Å². The maximum absolute atomic E-state index is 12.8. The topological polar surface area (TPSA) is 12.5 Å². The Morgan fingerprint density at radius 2 is 2.05 bits per heavy atom. The Morgan fingerprint density at radius 3 is 2.63 bits per heavy atom. The van der Waals surface area contributed by atoms with E-state index in [1.807, 2.05) is 25.1 Å². The van der Waals surface area contributed by atoms with Crippen LogP contribution in [0.5, 0.6) is 5.75 Å². The fraction of sp³-hybridized carbons (Fsp3) is 0.333. The third kappa shape index (κ3) is 2.95. The van der Waals surface area contributed by atoms with Gasteiger partial charge in [0.15, 0.2) is 0 Å². The van der Waals surface area contributed by atoms with Crippen LogP contribution in [0, 0.1) is 6.92 Å². The first kappa shape index (κ1) is 13.6.